The zero-order chi connectivity index (χ0) is 12.1. The van der Waals surface area contributed by atoms with Gasteiger partial charge in [-0.1, -0.05) is 0 Å². The summed E-state index contributed by atoms with van der Waals surface area (Å²) in [4.78, 5) is 19.6. The molecule has 0 aliphatic carbocycles. The lowest BCUT2D eigenvalue weighted by atomic mass is 10.3. The van der Waals surface area contributed by atoms with Crippen molar-refractivity contribution < 1.29 is 19.1 Å². The van der Waals surface area contributed by atoms with E-state index in [2.05, 4.69) is 0 Å². The van der Waals surface area contributed by atoms with E-state index in [0.29, 0.717) is 12.8 Å². The number of ether oxygens (including phenoxy) is 2. The Bertz CT molecular complexity index is 151. The van der Waals surface area contributed by atoms with E-state index in [0.717, 1.165) is 19.5 Å². The highest BCUT2D eigenvalue weighted by Gasteiger charge is 1.94. The quantitative estimate of drug-likeness (QED) is 0.484. The van der Waals surface area contributed by atoms with Crippen molar-refractivity contribution >= 4 is 12.1 Å². The average Bonchev–Trinajstić information content (AvgIpc) is 2.16. The van der Waals surface area contributed by atoms with Crippen molar-refractivity contribution in [2.75, 3.05) is 13.2 Å². The Morgan fingerprint density at radius 2 is 1.73 bits per heavy atom. The molecule has 0 aliphatic heterocycles. The van der Waals surface area contributed by atoms with Crippen molar-refractivity contribution in [3.63, 3.8) is 0 Å². The Morgan fingerprint density at radius 1 is 1.27 bits per heavy atom. The number of rotatable bonds is 7. The van der Waals surface area contributed by atoms with Crippen LogP contribution < -0.4 is 0 Å². The van der Waals surface area contributed by atoms with Gasteiger partial charge < -0.3 is 19.1 Å². The third kappa shape index (κ3) is 19.6. The molecule has 0 saturated carbocycles. The molecule has 0 saturated heterocycles. The van der Waals surface area contributed by atoms with E-state index in [1.165, 1.54) is 6.92 Å². The zero-order valence-corrected chi connectivity index (χ0v) is 10.1. The predicted octanol–water partition coefficient (Wildman–Crippen LogP) is 1.96. The normalized spacial score (nSPS) is 9.40. The van der Waals surface area contributed by atoms with E-state index in [1.54, 1.807) is 0 Å². The second kappa shape index (κ2) is 13.3. The van der Waals surface area contributed by atoms with Gasteiger partial charge in [0.05, 0.1) is 0 Å². The van der Waals surface area contributed by atoms with Gasteiger partial charge in [0.15, 0.2) is 6.29 Å². The lowest BCUT2D eigenvalue weighted by Gasteiger charge is -2.09. The number of hydrogen-bond donors (Lipinski definition) is 0. The van der Waals surface area contributed by atoms with Crippen LogP contribution in [0.3, 0.4) is 0 Å². The molecule has 90 valence electrons. The van der Waals surface area contributed by atoms with Crippen LogP contribution in [-0.4, -0.2) is 31.6 Å². The summed E-state index contributed by atoms with van der Waals surface area (Å²) in [5, 5.41) is 0. The third-order valence-electron chi connectivity index (χ3n) is 1.42. The van der Waals surface area contributed by atoms with Crippen LogP contribution in [0.5, 0.6) is 0 Å². The molecule has 0 aromatic rings. The number of hydrogen-bond acceptors (Lipinski definition) is 4. The molecule has 0 fully saturated rings. The number of carbonyl (C=O) groups is 2. The number of Topliss-reactive ketones (excluding diaryl/α,β-unsaturated/α-hetero) is 1. The molecule has 15 heavy (non-hydrogen) atoms. The first-order valence-electron chi connectivity index (χ1n) is 5.24. The highest BCUT2D eigenvalue weighted by Crippen LogP contribution is 1.90. The Hall–Kier alpha value is -0.740. The lowest BCUT2D eigenvalue weighted by Crippen LogP contribution is -2.11. The second-order valence-electron chi connectivity index (χ2n) is 2.89. The van der Waals surface area contributed by atoms with E-state index in [1.807, 2.05) is 20.8 Å². The van der Waals surface area contributed by atoms with Crippen molar-refractivity contribution in [2.45, 2.75) is 46.8 Å². The first kappa shape index (κ1) is 16.7. The number of aldehydes is 1. The van der Waals surface area contributed by atoms with Gasteiger partial charge in [0, 0.05) is 26.1 Å². The summed E-state index contributed by atoms with van der Waals surface area (Å²) in [5.74, 6) is 0.0760. The molecule has 0 atom stereocenters. The minimum absolute atomic E-state index is 0.0370. The van der Waals surface area contributed by atoms with E-state index < -0.39 is 0 Å². The molecular formula is C11H22O4. The summed E-state index contributed by atoms with van der Waals surface area (Å²) in [6.07, 6.45) is 1.48. The summed E-state index contributed by atoms with van der Waals surface area (Å²) in [5.41, 5.74) is 0. The molecule has 4 nitrogen and oxygen atoms in total. The summed E-state index contributed by atoms with van der Waals surface area (Å²) in [6, 6.07) is 0. The fraction of sp³-hybridized carbons (Fsp3) is 0.818. The number of carbonyl (C=O) groups excluding carboxylic acids is 2. The summed E-state index contributed by atoms with van der Waals surface area (Å²) < 4.78 is 10.1. The van der Waals surface area contributed by atoms with Crippen LogP contribution >= 0.6 is 0 Å². The average molecular weight is 218 g/mol. The van der Waals surface area contributed by atoms with Crippen LogP contribution in [0.15, 0.2) is 0 Å². The molecule has 0 aliphatic rings. The molecule has 0 bridgehead atoms. The minimum atomic E-state index is -0.0370. The molecule has 0 heterocycles. The first-order valence-corrected chi connectivity index (χ1v) is 5.24. The molecule has 0 aromatic carbocycles. The highest BCUT2D eigenvalue weighted by atomic mass is 16.7. The van der Waals surface area contributed by atoms with Crippen LogP contribution in [0.2, 0.25) is 0 Å². The van der Waals surface area contributed by atoms with Gasteiger partial charge in [-0.3, -0.25) is 0 Å². The van der Waals surface area contributed by atoms with E-state index in [9.17, 15) is 9.59 Å². The van der Waals surface area contributed by atoms with Crippen LogP contribution in [0.25, 0.3) is 0 Å². The molecule has 0 N–H and O–H groups in total. The first-order chi connectivity index (χ1) is 7.08. The lowest BCUT2D eigenvalue weighted by molar-refractivity contribution is -0.123. The van der Waals surface area contributed by atoms with Crippen LogP contribution in [0.4, 0.5) is 0 Å². The van der Waals surface area contributed by atoms with Gasteiger partial charge in [0.25, 0.3) is 0 Å². The Balaban J connectivity index is 0. The maximum atomic E-state index is 10.0. The third-order valence-corrected chi connectivity index (χ3v) is 1.42. The summed E-state index contributed by atoms with van der Waals surface area (Å²) in [7, 11) is 0. The van der Waals surface area contributed by atoms with Crippen LogP contribution in [0, 0.1) is 0 Å². The van der Waals surface area contributed by atoms with Gasteiger partial charge in [-0.25, -0.2) is 0 Å². The molecule has 0 aromatic heterocycles. The number of ketones is 1. The SMILES string of the molecule is CC(=O)CCC=O.CCOC(C)OCC. The molecule has 4 heteroatoms. The summed E-state index contributed by atoms with van der Waals surface area (Å²) >= 11 is 0. The molecule has 0 rings (SSSR count). The summed E-state index contributed by atoms with van der Waals surface area (Å²) in [6.45, 7) is 8.73. The zero-order valence-electron chi connectivity index (χ0n) is 10.1. The fourth-order valence-electron chi connectivity index (χ4n) is 0.780. The van der Waals surface area contributed by atoms with E-state index in [4.69, 9.17) is 9.47 Å². The van der Waals surface area contributed by atoms with E-state index >= 15 is 0 Å². The van der Waals surface area contributed by atoms with Gasteiger partial charge in [0.2, 0.25) is 0 Å². The van der Waals surface area contributed by atoms with Gasteiger partial charge in [0.1, 0.15) is 12.1 Å². The van der Waals surface area contributed by atoms with Crippen molar-refractivity contribution in [3.05, 3.63) is 0 Å². The highest BCUT2D eigenvalue weighted by molar-refractivity contribution is 5.77. The molecule has 0 amide bonds. The maximum Gasteiger partial charge on any atom is 0.154 e. The van der Waals surface area contributed by atoms with Gasteiger partial charge >= 0.3 is 0 Å². The standard InChI is InChI=1S/C6H14O2.C5H8O2/c1-4-7-6(3)8-5-2;1-5(7)3-2-4-6/h6H,4-5H2,1-3H3;4H,2-3H2,1H3. The molecule has 0 spiro atoms. The predicted molar refractivity (Wildman–Crippen MR) is 58.7 cm³/mol. The maximum absolute atomic E-state index is 10.0. The van der Waals surface area contributed by atoms with E-state index in [-0.39, 0.29) is 12.1 Å². The fourth-order valence-corrected chi connectivity index (χ4v) is 0.780. The second-order valence-corrected chi connectivity index (χ2v) is 2.89. The van der Waals surface area contributed by atoms with Crippen molar-refractivity contribution in [3.8, 4) is 0 Å². The van der Waals surface area contributed by atoms with Crippen molar-refractivity contribution in [1.29, 1.82) is 0 Å². The monoisotopic (exact) mass is 218 g/mol. The van der Waals surface area contributed by atoms with Gasteiger partial charge in [-0.05, 0) is 27.7 Å². The topological polar surface area (TPSA) is 52.6 Å². The Labute approximate surface area is 91.9 Å². The smallest absolute Gasteiger partial charge is 0.154 e. The molecule has 0 unspecified atom stereocenters. The molecule has 0 radical (unpaired) electrons. The largest absolute Gasteiger partial charge is 0.353 e. The van der Waals surface area contributed by atoms with Crippen molar-refractivity contribution in [1.82, 2.24) is 0 Å². The van der Waals surface area contributed by atoms with Gasteiger partial charge in [-0.15, -0.1) is 0 Å². The van der Waals surface area contributed by atoms with Gasteiger partial charge in [-0.2, -0.15) is 0 Å². The van der Waals surface area contributed by atoms with Crippen molar-refractivity contribution in [2.24, 2.45) is 0 Å². The molecular weight excluding hydrogens is 196 g/mol. The Kier molecular flexibility index (Phi) is 14.7. The van der Waals surface area contributed by atoms with Crippen LogP contribution in [-0.2, 0) is 19.1 Å². The minimum Gasteiger partial charge on any atom is -0.353 e. The Morgan fingerprint density at radius 3 is 1.93 bits per heavy atom. The van der Waals surface area contributed by atoms with Crippen LogP contribution in [0.1, 0.15) is 40.5 Å².